The zero-order valence-corrected chi connectivity index (χ0v) is 9.19. The maximum atomic E-state index is 11.8. The number of hydrogen-bond acceptors (Lipinski definition) is 5. The first-order valence-corrected chi connectivity index (χ1v) is 5.26. The zero-order valence-electron chi connectivity index (χ0n) is 9.19. The number of hydrogen-bond donors (Lipinski definition) is 0. The molecule has 0 radical (unpaired) electrons. The zero-order chi connectivity index (χ0) is 12.0. The number of methoxy groups -OCH3 is 1. The van der Waals surface area contributed by atoms with E-state index in [1.54, 1.807) is 12.1 Å². The highest BCUT2D eigenvalue weighted by Gasteiger charge is 2.42. The Balaban J connectivity index is 1.98. The van der Waals surface area contributed by atoms with Gasteiger partial charge < -0.3 is 14.2 Å². The third kappa shape index (κ3) is 1.32. The number of ether oxygens (including phenoxy) is 3. The molecule has 0 bridgehead atoms. The Kier molecular flexibility index (Phi) is 2.07. The molecule has 1 atom stereocenters. The van der Waals surface area contributed by atoms with Crippen molar-refractivity contribution >= 4 is 11.8 Å². The van der Waals surface area contributed by atoms with E-state index in [4.69, 9.17) is 9.47 Å². The maximum absolute atomic E-state index is 11.8. The van der Waals surface area contributed by atoms with Crippen LogP contribution in [-0.4, -0.2) is 25.7 Å². The lowest BCUT2D eigenvalue weighted by Gasteiger charge is -2.28. The predicted molar refractivity (Wildman–Crippen MR) is 56.3 cm³/mol. The Labute approximate surface area is 97.3 Å². The molecule has 5 nitrogen and oxygen atoms in total. The molecule has 17 heavy (non-hydrogen) atoms. The largest absolute Gasteiger partial charge is 0.469 e. The van der Waals surface area contributed by atoms with E-state index in [0.29, 0.717) is 17.1 Å². The number of esters is 1. The van der Waals surface area contributed by atoms with Crippen LogP contribution in [0.4, 0.5) is 0 Å². The molecule has 0 amide bonds. The Morgan fingerprint density at radius 2 is 2.29 bits per heavy atom. The number of fused-ring (bicyclic) bond motifs is 3. The smallest absolute Gasteiger partial charge is 0.306 e. The lowest BCUT2D eigenvalue weighted by atomic mass is 9.73. The third-order valence-corrected chi connectivity index (χ3v) is 3.11. The van der Waals surface area contributed by atoms with Crippen molar-refractivity contribution in [3.8, 4) is 11.5 Å². The number of ketones is 1. The topological polar surface area (TPSA) is 61.8 Å². The van der Waals surface area contributed by atoms with Crippen molar-refractivity contribution in [1.82, 2.24) is 0 Å². The number of benzene rings is 1. The maximum Gasteiger partial charge on any atom is 0.306 e. The summed E-state index contributed by atoms with van der Waals surface area (Å²) in [7, 11) is 1.31. The SMILES string of the molecule is COC(=O)CC1C(=O)c2ccc3c(c21)OCO3. The summed E-state index contributed by atoms with van der Waals surface area (Å²) in [6.45, 7) is 0.158. The Morgan fingerprint density at radius 1 is 1.47 bits per heavy atom. The molecule has 2 aliphatic rings. The fourth-order valence-corrected chi connectivity index (χ4v) is 2.24. The van der Waals surface area contributed by atoms with Crippen LogP contribution in [0.5, 0.6) is 11.5 Å². The summed E-state index contributed by atoms with van der Waals surface area (Å²) in [5.41, 5.74) is 1.39. The van der Waals surface area contributed by atoms with Crippen LogP contribution in [0.1, 0.15) is 28.3 Å². The average Bonchev–Trinajstić information content (AvgIpc) is 2.81. The molecular formula is C12H10O5. The second-order valence-electron chi connectivity index (χ2n) is 3.96. The summed E-state index contributed by atoms with van der Waals surface area (Å²) in [6, 6.07) is 3.42. The van der Waals surface area contributed by atoms with Gasteiger partial charge in [-0.2, -0.15) is 0 Å². The molecule has 0 spiro atoms. The van der Waals surface area contributed by atoms with Crippen molar-refractivity contribution in [1.29, 1.82) is 0 Å². The molecule has 88 valence electrons. The van der Waals surface area contributed by atoms with Crippen LogP contribution in [-0.2, 0) is 9.53 Å². The normalized spacial score (nSPS) is 19.6. The van der Waals surface area contributed by atoms with Crippen molar-refractivity contribution < 1.29 is 23.8 Å². The Morgan fingerprint density at radius 3 is 3.06 bits per heavy atom. The molecule has 1 unspecified atom stereocenters. The molecule has 1 heterocycles. The molecule has 0 saturated heterocycles. The minimum Gasteiger partial charge on any atom is -0.469 e. The summed E-state index contributed by atoms with van der Waals surface area (Å²) in [5, 5.41) is 0. The number of rotatable bonds is 2. The van der Waals surface area contributed by atoms with Gasteiger partial charge in [-0.05, 0) is 12.1 Å². The molecule has 1 aliphatic heterocycles. The van der Waals surface area contributed by atoms with Gasteiger partial charge in [-0.25, -0.2) is 0 Å². The Bertz CT molecular complexity index is 520. The summed E-state index contributed by atoms with van der Waals surface area (Å²) in [4.78, 5) is 23.0. The summed E-state index contributed by atoms with van der Waals surface area (Å²) in [6.07, 6.45) is 0.0577. The van der Waals surface area contributed by atoms with Crippen LogP contribution in [0.25, 0.3) is 0 Å². The first kappa shape index (κ1) is 10.1. The summed E-state index contributed by atoms with van der Waals surface area (Å²) < 4.78 is 15.1. The third-order valence-electron chi connectivity index (χ3n) is 3.11. The van der Waals surface area contributed by atoms with Crippen LogP contribution >= 0.6 is 0 Å². The minimum absolute atomic E-state index is 0.0382. The highest BCUT2D eigenvalue weighted by Crippen LogP contribution is 2.49. The fraction of sp³-hybridized carbons (Fsp3) is 0.333. The average molecular weight is 234 g/mol. The lowest BCUT2D eigenvalue weighted by molar-refractivity contribution is -0.140. The van der Waals surface area contributed by atoms with Crippen LogP contribution in [0.15, 0.2) is 12.1 Å². The van der Waals surface area contributed by atoms with Gasteiger partial charge in [0.15, 0.2) is 17.3 Å². The molecule has 1 aromatic rings. The van der Waals surface area contributed by atoms with Crippen LogP contribution in [0, 0.1) is 0 Å². The number of Topliss-reactive ketones (excluding diaryl/α,β-unsaturated/α-hetero) is 1. The van der Waals surface area contributed by atoms with E-state index < -0.39 is 11.9 Å². The molecular weight excluding hydrogens is 224 g/mol. The van der Waals surface area contributed by atoms with Gasteiger partial charge in [0.2, 0.25) is 6.79 Å². The molecule has 0 N–H and O–H groups in total. The van der Waals surface area contributed by atoms with E-state index in [0.717, 1.165) is 5.56 Å². The molecule has 3 rings (SSSR count). The molecule has 1 aromatic carbocycles. The van der Waals surface area contributed by atoms with Gasteiger partial charge in [-0.3, -0.25) is 9.59 Å². The van der Waals surface area contributed by atoms with E-state index in [-0.39, 0.29) is 19.0 Å². The second-order valence-corrected chi connectivity index (χ2v) is 3.96. The highest BCUT2D eigenvalue weighted by atomic mass is 16.7. The van der Waals surface area contributed by atoms with Crippen molar-refractivity contribution in [2.75, 3.05) is 13.9 Å². The van der Waals surface area contributed by atoms with E-state index in [1.165, 1.54) is 7.11 Å². The number of carbonyl (C=O) groups excluding carboxylic acids is 2. The molecule has 0 saturated carbocycles. The van der Waals surface area contributed by atoms with E-state index in [9.17, 15) is 9.59 Å². The van der Waals surface area contributed by atoms with Crippen molar-refractivity contribution in [3.63, 3.8) is 0 Å². The van der Waals surface area contributed by atoms with Crippen LogP contribution in [0.2, 0.25) is 0 Å². The highest BCUT2D eigenvalue weighted by molar-refractivity contribution is 6.13. The van der Waals surface area contributed by atoms with E-state index in [1.807, 2.05) is 0 Å². The first-order chi connectivity index (χ1) is 8.22. The molecule has 0 fully saturated rings. The standard InChI is InChI=1S/C12H10O5/c1-15-9(13)4-7-10-6(11(7)14)2-3-8-12(10)17-5-16-8/h2-3,7H,4-5H2,1H3. The van der Waals surface area contributed by atoms with Crippen molar-refractivity contribution in [2.24, 2.45) is 0 Å². The monoisotopic (exact) mass is 234 g/mol. The molecule has 0 aromatic heterocycles. The lowest BCUT2D eigenvalue weighted by Crippen LogP contribution is -2.29. The van der Waals surface area contributed by atoms with Crippen molar-refractivity contribution in [3.05, 3.63) is 23.3 Å². The van der Waals surface area contributed by atoms with Gasteiger partial charge in [0.25, 0.3) is 0 Å². The van der Waals surface area contributed by atoms with Gasteiger partial charge >= 0.3 is 5.97 Å². The van der Waals surface area contributed by atoms with Gasteiger partial charge in [-0.1, -0.05) is 0 Å². The Hall–Kier alpha value is -2.04. The van der Waals surface area contributed by atoms with Gasteiger partial charge in [0.05, 0.1) is 19.4 Å². The minimum atomic E-state index is -0.450. The summed E-state index contributed by atoms with van der Waals surface area (Å²) >= 11 is 0. The fourth-order valence-electron chi connectivity index (χ4n) is 2.24. The van der Waals surface area contributed by atoms with Gasteiger partial charge in [-0.15, -0.1) is 0 Å². The van der Waals surface area contributed by atoms with Gasteiger partial charge in [0, 0.05) is 11.1 Å². The van der Waals surface area contributed by atoms with Crippen LogP contribution in [0.3, 0.4) is 0 Å². The van der Waals surface area contributed by atoms with E-state index in [2.05, 4.69) is 4.74 Å². The first-order valence-electron chi connectivity index (χ1n) is 5.26. The summed E-state index contributed by atoms with van der Waals surface area (Å²) in [5.74, 6) is 0.338. The van der Waals surface area contributed by atoms with Gasteiger partial charge in [0.1, 0.15) is 0 Å². The second kappa shape index (κ2) is 3.48. The quantitative estimate of drug-likeness (QED) is 0.721. The van der Waals surface area contributed by atoms with Crippen molar-refractivity contribution in [2.45, 2.75) is 12.3 Å². The van der Waals surface area contributed by atoms with E-state index >= 15 is 0 Å². The van der Waals surface area contributed by atoms with Crippen LogP contribution < -0.4 is 9.47 Å². The number of carbonyl (C=O) groups is 2. The molecule has 1 aliphatic carbocycles. The predicted octanol–water partition coefficient (Wildman–Crippen LogP) is 1.26. The molecule has 5 heteroatoms.